The molecule has 18 heavy (non-hydrogen) atoms. The molecule has 0 aliphatic rings. The number of benzene rings is 1. The monoisotopic (exact) mass is 241 g/mol. The highest BCUT2D eigenvalue weighted by atomic mass is 16.5. The maximum Gasteiger partial charge on any atom is 0.263 e. The number of methoxy groups -OCH3 is 1. The van der Waals surface area contributed by atoms with Crippen LogP contribution in [0.4, 0.5) is 0 Å². The first kappa shape index (κ1) is 10.7. The van der Waals surface area contributed by atoms with Gasteiger partial charge in [-0.2, -0.15) is 0 Å². The fraction of sp³-hybridized carbons (Fsp3) is 0.154. The molecule has 3 rings (SSSR count). The normalized spacial score (nSPS) is 10.8. The maximum atomic E-state index is 5.21. The second kappa shape index (κ2) is 4.10. The van der Waals surface area contributed by atoms with Crippen molar-refractivity contribution in [2.75, 3.05) is 7.11 Å². The summed E-state index contributed by atoms with van der Waals surface area (Å²) in [5.41, 5.74) is 2.33. The molecule has 0 amide bonds. The van der Waals surface area contributed by atoms with E-state index in [1.54, 1.807) is 0 Å². The number of hydrogen-bond donors (Lipinski definition) is 0. The van der Waals surface area contributed by atoms with E-state index in [4.69, 9.17) is 9.26 Å². The van der Waals surface area contributed by atoms with Crippen molar-refractivity contribution < 1.29 is 9.26 Å². The lowest BCUT2D eigenvalue weighted by Crippen LogP contribution is -1.95. The number of hydrogen-bond acceptors (Lipinski definition) is 5. The van der Waals surface area contributed by atoms with Crippen LogP contribution in [0.2, 0.25) is 0 Å². The number of nitrogens with zero attached hydrogens (tertiary/aromatic N) is 3. The summed E-state index contributed by atoms with van der Waals surface area (Å²) < 4.78 is 10.3. The minimum absolute atomic E-state index is 0.376. The first-order chi connectivity index (χ1) is 8.81. The average Bonchev–Trinajstić information content (AvgIpc) is 2.82. The molecule has 0 aliphatic heterocycles. The largest absolute Gasteiger partial charge is 0.478 e. The third-order valence-corrected chi connectivity index (χ3v) is 2.78. The van der Waals surface area contributed by atoms with Gasteiger partial charge in [-0.3, -0.25) is 0 Å². The Hall–Kier alpha value is -2.43. The zero-order valence-electron chi connectivity index (χ0n) is 10.0. The van der Waals surface area contributed by atoms with Crippen molar-refractivity contribution in [3.63, 3.8) is 0 Å². The van der Waals surface area contributed by atoms with Gasteiger partial charge in [0, 0.05) is 5.56 Å². The fourth-order valence-corrected chi connectivity index (χ4v) is 1.93. The maximum absolute atomic E-state index is 5.21. The quantitative estimate of drug-likeness (QED) is 0.690. The summed E-state index contributed by atoms with van der Waals surface area (Å²) in [4.78, 5) is 0. The molecule has 0 saturated heterocycles. The van der Waals surface area contributed by atoms with E-state index in [1.807, 2.05) is 37.3 Å². The molecule has 0 N–H and O–H groups in total. The number of aromatic nitrogens is 3. The molecule has 5 heteroatoms. The number of fused-ring (bicyclic) bond motifs is 1. The van der Waals surface area contributed by atoms with Gasteiger partial charge in [0.1, 0.15) is 11.5 Å². The lowest BCUT2D eigenvalue weighted by molar-refractivity contribution is 0.383. The van der Waals surface area contributed by atoms with E-state index in [1.165, 1.54) is 7.11 Å². The van der Waals surface area contributed by atoms with Crippen LogP contribution >= 0.6 is 0 Å². The molecule has 0 unspecified atom stereocenters. The van der Waals surface area contributed by atoms with Crippen molar-refractivity contribution in [2.24, 2.45) is 0 Å². The van der Waals surface area contributed by atoms with Gasteiger partial charge in [0.05, 0.1) is 12.5 Å². The van der Waals surface area contributed by atoms with Crippen LogP contribution in [0.5, 0.6) is 5.88 Å². The smallest absolute Gasteiger partial charge is 0.263 e. The third-order valence-electron chi connectivity index (χ3n) is 2.78. The second-order valence-electron chi connectivity index (χ2n) is 3.89. The van der Waals surface area contributed by atoms with Crippen LogP contribution in [0.25, 0.3) is 22.2 Å². The number of aryl methyl sites for hydroxylation is 1. The molecule has 0 bridgehead atoms. The topological polar surface area (TPSA) is 61.0 Å². The summed E-state index contributed by atoms with van der Waals surface area (Å²) in [6.45, 7) is 1.85. The van der Waals surface area contributed by atoms with Crippen LogP contribution in [-0.4, -0.2) is 22.5 Å². The molecule has 2 aromatic heterocycles. The second-order valence-corrected chi connectivity index (χ2v) is 3.89. The Morgan fingerprint density at radius 2 is 1.89 bits per heavy atom. The van der Waals surface area contributed by atoms with E-state index in [0.29, 0.717) is 17.2 Å². The number of rotatable bonds is 2. The lowest BCUT2D eigenvalue weighted by Gasteiger charge is -2.03. The van der Waals surface area contributed by atoms with Gasteiger partial charge in [0.25, 0.3) is 5.88 Å². The zero-order valence-corrected chi connectivity index (χ0v) is 10.0. The average molecular weight is 241 g/mol. The summed E-state index contributed by atoms with van der Waals surface area (Å²) >= 11 is 0. The van der Waals surface area contributed by atoms with Crippen molar-refractivity contribution >= 4 is 10.9 Å². The van der Waals surface area contributed by atoms with Gasteiger partial charge in [-0.25, -0.2) is 0 Å². The highest BCUT2D eigenvalue weighted by molar-refractivity contribution is 5.95. The summed E-state index contributed by atoms with van der Waals surface area (Å²) in [5, 5.41) is 13.0. The summed E-state index contributed by atoms with van der Waals surface area (Å²) in [6.07, 6.45) is 0. The summed E-state index contributed by atoms with van der Waals surface area (Å²) in [7, 11) is 1.54. The Morgan fingerprint density at radius 1 is 1.11 bits per heavy atom. The SMILES string of the molecule is COc1nnc(-c2ccccc2)c2c(C)onc12. The van der Waals surface area contributed by atoms with Crippen LogP contribution < -0.4 is 4.74 Å². The molecular formula is C13H11N3O2. The Labute approximate surface area is 103 Å². The summed E-state index contributed by atoms with van der Waals surface area (Å²) in [5.74, 6) is 1.08. The van der Waals surface area contributed by atoms with Gasteiger partial charge in [-0.05, 0) is 6.92 Å². The van der Waals surface area contributed by atoms with Gasteiger partial charge >= 0.3 is 0 Å². The molecule has 0 saturated carbocycles. The Balaban J connectivity index is 2.34. The molecule has 0 aliphatic carbocycles. The van der Waals surface area contributed by atoms with Gasteiger partial charge in [-0.15, -0.1) is 10.2 Å². The molecule has 3 aromatic rings. The third kappa shape index (κ3) is 1.52. The Morgan fingerprint density at radius 3 is 2.61 bits per heavy atom. The predicted octanol–water partition coefficient (Wildman–Crippen LogP) is 2.60. The Kier molecular flexibility index (Phi) is 2.44. The van der Waals surface area contributed by atoms with Gasteiger partial charge in [0.15, 0.2) is 5.52 Å². The Bertz CT molecular complexity index is 692. The molecule has 0 radical (unpaired) electrons. The van der Waals surface area contributed by atoms with Gasteiger partial charge in [0.2, 0.25) is 0 Å². The molecule has 0 fully saturated rings. The van der Waals surface area contributed by atoms with Crippen LogP contribution in [0, 0.1) is 6.92 Å². The molecule has 90 valence electrons. The standard InChI is InChI=1S/C13H11N3O2/c1-8-10-11(9-6-4-3-5-7-9)14-15-13(17-2)12(10)16-18-8/h3-7H,1-2H3. The van der Waals surface area contributed by atoms with E-state index in [-0.39, 0.29) is 0 Å². The van der Waals surface area contributed by atoms with E-state index in [9.17, 15) is 0 Å². The summed E-state index contributed by atoms with van der Waals surface area (Å²) in [6, 6.07) is 9.81. The van der Waals surface area contributed by atoms with Crippen LogP contribution in [0.1, 0.15) is 5.76 Å². The highest BCUT2D eigenvalue weighted by Gasteiger charge is 2.17. The van der Waals surface area contributed by atoms with E-state index < -0.39 is 0 Å². The van der Waals surface area contributed by atoms with E-state index in [2.05, 4.69) is 15.4 Å². The van der Waals surface area contributed by atoms with Gasteiger partial charge in [-0.1, -0.05) is 35.5 Å². The van der Waals surface area contributed by atoms with E-state index >= 15 is 0 Å². The van der Waals surface area contributed by atoms with Crippen LogP contribution in [0.15, 0.2) is 34.9 Å². The van der Waals surface area contributed by atoms with Crippen LogP contribution in [-0.2, 0) is 0 Å². The lowest BCUT2D eigenvalue weighted by atomic mass is 10.1. The van der Waals surface area contributed by atoms with E-state index in [0.717, 1.165) is 16.6 Å². The van der Waals surface area contributed by atoms with Crippen molar-refractivity contribution in [2.45, 2.75) is 6.92 Å². The zero-order chi connectivity index (χ0) is 12.5. The highest BCUT2D eigenvalue weighted by Crippen LogP contribution is 2.32. The first-order valence-electron chi connectivity index (χ1n) is 5.53. The van der Waals surface area contributed by atoms with Crippen LogP contribution in [0.3, 0.4) is 0 Å². The predicted molar refractivity (Wildman–Crippen MR) is 66.3 cm³/mol. The first-order valence-corrected chi connectivity index (χ1v) is 5.53. The molecule has 0 atom stereocenters. The van der Waals surface area contributed by atoms with Crippen molar-refractivity contribution in [3.8, 4) is 17.1 Å². The fourth-order valence-electron chi connectivity index (χ4n) is 1.93. The van der Waals surface area contributed by atoms with Crippen molar-refractivity contribution in [1.29, 1.82) is 0 Å². The minimum atomic E-state index is 0.376. The minimum Gasteiger partial charge on any atom is -0.478 e. The van der Waals surface area contributed by atoms with Gasteiger partial charge < -0.3 is 9.26 Å². The van der Waals surface area contributed by atoms with Crippen molar-refractivity contribution in [3.05, 3.63) is 36.1 Å². The molecule has 0 spiro atoms. The van der Waals surface area contributed by atoms with Crippen molar-refractivity contribution in [1.82, 2.24) is 15.4 Å². The molecule has 1 aromatic carbocycles. The molecule has 2 heterocycles. The number of ether oxygens (including phenoxy) is 1. The molecular weight excluding hydrogens is 230 g/mol. The molecule has 5 nitrogen and oxygen atoms in total.